The summed E-state index contributed by atoms with van der Waals surface area (Å²) in [6.45, 7) is -0.762. The molecule has 3 atom stereocenters. The number of hydrogen-bond donors (Lipinski definition) is 8. The van der Waals surface area contributed by atoms with E-state index in [1.54, 1.807) is 0 Å². The van der Waals surface area contributed by atoms with Crippen molar-refractivity contribution in [1.82, 2.24) is 25.9 Å². The van der Waals surface area contributed by atoms with E-state index >= 15 is 0 Å². The van der Waals surface area contributed by atoms with Gasteiger partial charge in [-0.15, -0.1) is 0 Å². The molecule has 15 heteroatoms. The van der Waals surface area contributed by atoms with E-state index in [0.717, 1.165) is 0 Å². The Morgan fingerprint density at radius 3 is 2.19 bits per heavy atom. The van der Waals surface area contributed by atoms with Crippen LogP contribution < -0.4 is 27.4 Å². The van der Waals surface area contributed by atoms with Crippen LogP contribution in [0.15, 0.2) is 12.5 Å². The van der Waals surface area contributed by atoms with Crippen molar-refractivity contribution in [1.29, 1.82) is 0 Å². The molecule has 0 aliphatic rings. The minimum atomic E-state index is -1.51. The number of nitrogens with one attached hydrogen (secondary N) is 4. The van der Waals surface area contributed by atoms with Crippen molar-refractivity contribution in [3.05, 3.63) is 18.2 Å². The first-order valence-electron chi connectivity index (χ1n) is 9.32. The molecule has 0 bridgehead atoms. The SMILES string of the molecule is NC(=O)CC(NC(=O)C(N)Cc1cnc[nH]1)C(=O)NC(CCC(=O)O)C(=O)NCC(=O)O. The van der Waals surface area contributed by atoms with E-state index in [9.17, 15) is 28.8 Å². The summed E-state index contributed by atoms with van der Waals surface area (Å²) < 4.78 is 0. The Bertz CT molecular complexity index is 842. The van der Waals surface area contributed by atoms with Gasteiger partial charge in [-0.1, -0.05) is 0 Å². The van der Waals surface area contributed by atoms with Crippen LogP contribution in [-0.2, 0) is 35.2 Å². The zero-order chi connectivity index (χ0) is 24.3. The van der Waals surface area contributed by atoms with Crippen molar-refractivity contribution >= 4 is 35.6 Å². The van der Waals surface area contributed by atoms with Gasteiger partial charge >= 0.3 is 11.9 Å². The summed E-state index contributed by atoms with van der Waals surface area (Å²) in [7, 11) is 0. The Kier molecular flexibility index (Phi) is 10.3. The number of aromatic amines is 1. The van der Waals surface area contributed by atoms with E-state index in [1.807, 2.05) is 5.32 Å². The summed E-state index contributed by atoms with van der Waals surface area (Å²) in [4.78, 5) is 76.5. The molecule has 3 unspecified atom stereocenters. The van der Waals surface area contributed by atoms with Crippen LogP contribution in [0.1, 0.15) is 25.0 Å². The van der Waals surface area contributed by atoms with E-state index in [4.69, 9.17) is 21.7 Å². The molecule has 1 rings (SSSR count). The van der Waals surface area contributed by atoms with Crippen LogP contribution in [0, 0.1) is 0 Å². The van der Waals surface area contributed by atoms with Gasteiger partial charge in [0.05, 0.1) is 18.8 Å². The number of carbonyl (C=O) groups is 6. The maximum absolute atomic E-state index is 12.6. The van der Waals surface area contributed by atoms with Gasteiger partial charge in [0, 0.05) is 24.7 Å². The predicted molar refractivity (Wildman–Crippen MR) is 105 cm³/mol. The van der Waals surface area contributed by atoms with Crippen LogP contribution in [0.4, 0.5) is 0 Å². The molecule has 10 N–H and O–H groups in total. The number of rotatable bonds is 14. The fraction of sp³-hybridized carbons (Fsp3) is 0.471. The van der Waals surface area contributed by atoms with Gasteiger partial charge < -0.3 is 42.6 Å². The molecule has 176 valence electrons. The molecular formula is C17H25N7O8. The standard InChI is InChI=1S/C17H25N7O8/c18-9(3-8-5-20-7-22-8)15(30)24-11(4-12(19)25)17(32)23-10(1-2-13(26)27)16(31)21-6-14(28)29/h5,7,9-11H,1-4,6,18H2,(H2,19,25)(H,20,22)(H,21,31)(H,23,32)(H,24,30)(H,26,27)(H,28,29). The Hall–Kier alpha value is -4.01. The first kappa shape index (κ1) is 26.0. The smallest absolute Gasteiger partial charge is 0.322 e. The zero-order valence-electron chi connectivity index (χ0n) is 16.9. The van der Waals surface area contributed by atoms with Crippen molar-refractivity contribution in [3.8, 4) is 0 Å². The number of primary amides is 1. The van der Waals surface area contributed by atoms with Gasteiger partial charge in [-0.05, 0) is 6.42 Å². The average molecular weight is 455 g/mol. The second-order valence-corrected chi connectivity index (χ2v) is 6.72. The number of aliphatic carboxylic acids is 2. The Balaban J connectivity index is 2.87. The largest absolute Gasteiger partial charge is 0.481 e. The third-order valence-electron chi connectivity index (χ3n) is 4.06. The van der Waals surface area contributed by atoms with E-state index < -0.39 is 73.1 Å². The van der Waals surface area contributed by atoms with Gasteiger partial charge in [0.1, 0.15) is 18.6 Å². The molecule has 0 spiro atoms. The number of aromatic nitrogens is 2. The minimum absolute atomic E-state index is 0.0512. The first-order valence-corrected chi connectivity index (χ1v) is 9.32. The van der Waals surface area contributed by atoms with Crippen molar-refractivity contribution < 1.29 is 39.0 Å². The number of nitrogens with two attached hydrogens (primary N) is 2. The average Bonchev–Trinajstić information content (AvgIpc) is 3.20. The summed E-state index contributed by atoms with van der Waals surface area (Å²) in [6, 6.07) is -4.06. The van der Waals surface area contributed by atoms with Crippen LogP contribution in [0.25, 0.3) is 0 Å². The van der Waals surface area contributed by atoms with Gasteiger partial charge in [0.15, 0.2) is 0 Å². The zero-order valence-corrected chi connectivity index (χ0v) is 16.9. The Morgan fingerprint density at radius 1 is 1.00 bits per heavy atom. The quantitative estimate of drug-likeness (QED) is 0.135. The molecule has 0 fully saturated rings. The molecule has 32 heavy (non-hydrogen) atoms. The summed E-state index contributed by atoms with van der Waals surface area (Å²) in [5.41, 5.74) is 11.5. The van der Waals surface area contributed by atoms with Crippen molar-refractivity contribution in [2.75, 3.05) is 6.54 Å². The summed E-state index contributed by atoms with van der Waals surface area (Å²) in [5.74, 6) is -6.31. The number of imidazole rings is 1. The van der Waals surface area contributed by atoms with Gasteiger partial charge in [0.25, 0.3) is 0 Å². The topological polar surface area (TPSA) is 260 Å². The molecular weight excluding hydrogens is 430 g/mol. The molecule has 0 aromatic carbocycles. The van der Waals surface area contributed by atoms with Gasteiger partial charge in [-0.3, -0.25) is 28.8 Å². The van der Waals surface area contributed by atoms with Gasteiger partial charge in [-0.2, -0.15) is 0 Å². The number of amides is 4. The number of carboxylic acid groups (broad SMARTS) is 2. The molecule has 15 nitrogen and oxygen atoms in total. The molecule has 0 radical (unpaired) electrons. The lowest BCUT2D eigenvalue weighted by molar-refractivity contribution is -0.140. The predicted octanol–water partition coefficient (Wildman–Crippen LogP) is -3.81. The van der Waals surface area contributed by atoms with Crippen LogP contribution in [0.5, 0.6) is 0 Å². The normalized spacial score (nSPS) is 13.3. The van der Waals surface area contributed by atoms with E-state index in [2.05, 4.69) is 20.6 Å². The lowest BCUT2D eigenvalue weighted by Crippen LogP contribution is -2.57. The fourth-order valence-corrected chi connectivity index (χ4v) is 2.51. The van der Waals surface area contributed by atoms with Crippen LogP contribution in [0.2, 0.25) is 0 Å². The molecule has 0 aliphatic carbocycles. The second-order valence-electron chi connectivity index (χ2n) is 6.72. The summed E-state index contributed by atoms with van der Waals surface area (Å²) in [5, 5.41) is 24.0. The maximum Gasteiger partial charge on any atom is 0.322 e. The lowest BCUT2D eigenvalue weighted by Gasteiger charge is -2.23. The van der Waals surface area contributed by atoms with Crippen LogP contribution in [-0.4, -0.2) is 80.4 Å². The van der Waals surface area contributed by atoms with Crippen molar-refractivity contribution in [2.24, 2.45) is 11.5 Å². The highest BCUT2D eigenvalue weighted by atomic mass is 16.4. The fourth-order valence-electron chi connectivity index (χ4n) is 2.51. The van der Waals surface area contributed by atoms with E-state index in [0.29, 0.717) is 5.69 Å². The molecule has 4 amide bonds. The molecule has 1 aromatic heterocycles. The van der Waals surface area contributed by atoms with Crippen LogP contribution in [0.3, 0.4) is 0 Å². The lowest BCUT2D eigenvalue weighted by atomic mass is 10.1. The number of nitrogens with zero attached hydrogens (tertiary/aromatic N) is 1. The number of carboxylic acids is 2. The number of hydrogen-bond acceptors (Lipinski definition) is 8. The van der Waals surface area contributed by atoms with Crippen molar-refractivity contribution in [3.63, 3.8) is 0 Å². The third kappa shape index (κ3) is 9.66. The van der Waals surface area contributed by atoms with E-state index in [-0.39, 0.29) is 12.8 Å². The molecule has 0 saturated heterocycles. The highest BCUT2D eigenvalue weighted by molar-refractivity contribution is 5.96. The third-order valence-corrected chi connectivity index (χ3v) is 4.06. The number of carbonyl (C=O) groups excluding carboxylic acids is 4. The van der Waals surface area contributed by atoms with Gasteiger partial charge in [0.2, 0.25) is 23.6 Å². The molecule has 1 heterocycles. The Morgan fingerprint density at radius 2 is 1.66 bits per heavy atom. The molecule has 0 saturated carbocycles. The second kappa shape index (κ2) is 12.6. The highest BCUT2D eigenvalue weighted by Crippen LogP contribution is 2.03. The van der Waals surface area contributed by atoms with Gasteiger partial charge in [-0.25, -0.2) is 4.98 Å². The highest BCUT2D eigenvalue weighted by Gasteiger charge is 2.29. The maximum atomic E-state index is 12.6. The Labute approximate surface area is 181 Å². The first-order chi connectivity index (χ1) is 15.0. The number of H-pyrrole nitrogens is 1. The molecule has 1 aromatic rings. The van der Waals surface area contributed by atoms with E-state index in [1.165, 1.54) is 12.5 Å². The molecule has 0 aliphatic heterocycles. The van der Waals surface area contributed by atoms with Crippen molar-refractivity contribution in [2.45, 2.75) is 43.8 Å². The summed E-state index contributed by atoms with van der Waals surface area (Å²) >= 11 is 0. The minimum Gasteiger partial charge on any atom is -0.481 e. The summed E-state index contributed by atoms with van der Waals surface area (Å²) in [6.07, 6.45) is 1.36. The monoisotopic (exact) mass is 455 g/mol. The van der Waals surface area contributed by atoms with Crippen LogP contribution >= 0.6 is 0 Å².